The van der Waals surface area contributed by atoms with E-state index in [1.807, 2.05) is 5.32 Å². The highest BCUT2D eigenvalue weighted by atomic mass is 19.4. The number of alkyl halides is 3. The van der Waals surface area contributed by atoms with Gasteiger partial charge >= 0.3 is 12.1 Å². The Balaban J connectivity index is 2.95. The van der Waals surface area contributed by atoms with E-state index in [1.54, 1.807) is 0 Å². The Bertz CT molecular complexity index is 537. The number of halogens is 4. The van der Waals surface area contributed by atoms with Gasteiger partial charge in [0.05, 0.1) is 11.3 Å². The second kappa shape index (κ2) is 5.51. The molecule has 0 atom stereocenters. The van der Waals surface area contributed by atoms with Crippen LogP contribution in [0, 0.1) is 5.82 Å². The largest absolute Gasteiger partial charge is 0.478 e. The van der Waals surface area contributed by atoms with Crippen LogP contribution in [0.3, 0.4) is 0 Å². The number of rotatable bonds is 3. The fourth-order valence-electron chi connectivity index (χ4n) is 1.12. The summed E-state index contributed by atoms with van der Waals surface area (Å²) in [5.74, 6) is -3.54. The summed E-state index contributed by atoms with van der Waals surface area (Å²) in [6.45, 7) is 0. The number of carboxylic acids is 1. The molecule has 0 aliphatic carbocycles. The van der Waals surface area contributed by atoms with Crippen LogP contribution < -0.4 is 5.32 Å². The van der Waals surface area contributed by atoms with E-state index in [2.05, 4.69) is 0 Å². The summed E-state index contributed by atoms with van der Waals surface area (Å²) in [4.78, 5) is 21.2. The fraction of sp³-hybridized carbons (Fsp3) is 0.0909. The predicted molar refractivity (Wildman–Crippen MR) is 56.8 cm³/mol. The number of anilines is 1. The molecule has 2 N–H and O–H groups in total. The van der Waals surface area contributed by atoms with Gasteiger partial charge in [-0.25, -0.2) is 9.18 Å². The molecule has 0 aromatic heterocycles. The lowest BCUT2D eigenvalue weighted by Crippen LogP contribution is -2.12. The van der Waals surface area contributed by atoms with Crippen molar-refractivity contribution in [3.05, 3.63) is 41.7 Å². The maximum Gasteiger partial charge on any atom is 0.416 e. The van der Waals surface area contributed by atoms with Crippen molar-refractivity contribution in [2.45, 2.75) is 6.18 Å². The maximum absolute atomic E-state index is 13.2. The van der Waals surface area contributed by atoms with Crippen LogP contribution in [-0.4, -0.2) is 17.0 Å². The van der Waals surface area contributed by atoms with Crippen molar-refractivity contribution in [2.24, 2.45) is 0 Å². The van der Waals surface area contributed by atoms with Crippen LogP contribution in [0.4, 0.5) is 23.2 Å². The van der Waals surface area contributed by atoms with Crippen molar-refractivity contribution in [3.8, 4) is 0 Å². The normalized spacial score (nSPS) is 11.6. The molecule has 0 unspecified atom stereocenters. The molecule has 102 valence electrons. The van der Waals surface area contributed by atoms with Crippen molar-refractivity contribution in [1.29, 1.82) is 0 Å². The van der Waals surface area contributed by atoms with Crippen LogP contribution >= 0.6 is 0 Å². The monoisotopic (exact) mass is 277 g/mol. The molecule has 1 aromatic rings. The Morgan fingerprint density at radius 1 is 1.21 bits per heavy atom. The highest BCUT2D eigenvalue weighted by Gasteiger charge is 2.31. The number of hydrogen-bond acceptors (Lipinski definition) is 2. The highest BCUT2D eigenvalue weighted by Crippen LogP contribution is 2.31. The predicted octanol–water partition coefficient (Wildman–Crippen LogP) is 2.42. The summed E-state index contributed by atoms with van der Waals surface area (Å²) in [5.41, 5.74) is -1.82. The molecule has 0 heterocycles. The third-order valence-electron chi connectivity index (χ3n) is 1.93. The second-order valence-corrected chi connectivity index (χ2v) is 3.35. The van der Waals surface area contributed by atoms with E-state index >= 15 is 0 Å². The van der Waals surface area contributed by atoms with Gasteiger partial charge in [-0.3, -0.25) is 4.79 Å². The first kappa shape index (κ1) is 14.7. The first-order valence-corrected chi connectivity index (χ1v) is 4.79. The number of carbonyl (C=O) groups excluding carboxylic acids is 1. The van der Waals surface area contributed by atoms with E-state index in [1.165, 1.54) is 0 Å². The molecule has 0 bridgehead atoms. The van der Waals surface area contributed by atoms with Crippen molar-refractivity contribution in [3.63, 3.8) is 0 Å². The second-order valence-electron chi connectivity index (χ2n) is 3.35. The summed E-state index contributed by atoms with van der Waals surface area (Å²) in [7, 11) is 0. The molecule has 4 nitrogen and oxygen atoms in total. The molecule has 1 rings (SSSR count). The van der Waals surface area contributed by atoms with Gasteiger partial charge in [0, 0.05) is 12.2 Å². The summed E-state index contributed by atoms with van der Waals surface area (Å²) in [5, 5.41) is 10.1. The molecule has 0 spiro atoms. The molecule has 1 aromatic carbocycles. The molecule has 0 aliphatic rings. The molecule has 0 aliphatic heterocycles. The lowest BCUT2D eigenvalue weighted by molar-refractivity contribution is -0.137. The molecule has 1 amide bonds. The molecule has 0 saturated carbocycles. The number of benzene rings is 1. The van der Waals surface area contributed by atoms with E-state index < -0.39 is 35.1 Å². The smallest absolute Gasteiger partial charge is 0.416 e. The Labute approximate surface area is 104 Å². The van der Waals surface area contributed by atoms with E-state index in [0.29, 0.717) is 30.4 Å². The third-order valence-corrected chi connectivity index (χ3v) is 1.93. The topological polar surface area (TPSA) is 66.4 Å². The number of amides is 1. The van der Waals surface area contributed by atoms with E-state index in [9.17, 15) is 27.2 Å². The zero-order valence-electron chi connectivity index (χ0n) is 9.16. The maximum atomic E-state index is 13.2. The van der Waals surface area contributed by atoms with E-state index in [0.717, 1.165) is 0 Å². The fourth-order valence-corrected chi connectivity index (χ4v) is 1.12. The van der Waals surface area contributed by atoms with Crippen LogP contribution in [0.5, 0.6) is 0 Å². The van der Waals surface area contributed by atoms with Gasteiger partial charge in [0.1, 0.15) is 5.82 Å². The Kier molecular flexibility index (Phi) is 4.26. The number of hydrogen-bond donors (Lipinski definition) is 2. The van der Waals surface area contributed by atoms with Crippen LogP contribution in [0.25, 0.3) is 0 Å². The minimum atomic E-state index is -4.68. The van der Waals surface area contributed by atoms with Gasteiger partial charge in [-0.15, -0.1) is 0 Å². The van der Waals surface area contributed by atoms with Gasteiger partial charge < -0.3 is 10.4 Å². The van der Waals surface area contributed by atoms with Crippen molar-refractivity contribution < 1.29 is 32.3 Å². The van der Waals surface area contributed by atoms with E-state index in [-0.39, 0.29) is 0 Å². The lowest BCUT2D eigenvalue weighted by Gasteiger charge is -2.09. The van der Waals surface area contributed by atoms with Gasteiger partial charge in [-0.1, -0.05) is 0 Å². The van der Waals surface area contributed by atoms with E-state index in [4.69, 9.17) is 5.11 Å². The van der Waals surface area contributed by atoms with Crippen molar-refractivity contribution in [2.75, 3.05) is 5.32 Å². The molecule has 0 fully saturated rings. The zero-order valence-corrected chi connectivity index (χ0v) is 9.16. The standard InChI is InChI=1S/C11H7F4NO3/c12-7-2-1-6(11(13,14)15)5-8(7)16-9(17)3-4-10(18)19/h1-5H,(H,16,17)(H,18,19). The first-order chi connectivity index (χ1) is 8.70. The van der Waals surface area contributed by atoms with Crippen molar-refractivity contribution in [1.82, 2.24) is 0 Å². The number of carboxylic acid groups (broad SMARTS) is 1. The molecule has 0 radical (unpaired) electrons. The quantitative estimate of drug-likeness (QED) is 0.658. The highest BCUT2D eigenvalue weighted by molar-refractivity contribution is 6.02. The Hall–Kier alpha value is -2.38. The molecule has 8 heteroatoms. The average Bonchev–Trinajstić information content (AvgIpc) is 2.28. The number of aliphatic carboxylic acids is 1. The zero-order chi connectivity index (χ0) is 14.6. The summed E-state index contributed by atoms with van der Waals surface area (Å²) in [6, 6.07) is 1.50. The van der Waals surface area contributed by atoms with Crippen LogP contribution in [0.15, 0.2) is 30.4 Å². The first-order valence-electron chi connectivity index (χ1n) is 4.79. The summed E-state index contributed by atoms with van der Waals surface area (Å²) >= 11 is 0. The Morgan fingerprint density at radius 2 is 1.84 bits per heavy atom. The minimum Gasteiger partial charge on any atom is -0.478 e. The van der Waals surface area contributed by atoms with Crippen LogP contribution in [-0.2, 0) is 15.8 Å². The number of carbonyl (C=O) groups is 2. The van der Waals surface area contributed by atoms with Gasteiger partial charge in [0.25, 0.3) is 0 Å². The minimum absolute atomic E-state index is 0.418. The summed E-state index contributed by atoms with van der Waals surface area (Å²) < 4.78 is 50.3. The SMILES string of the molecule is O=C(O)C=CC(=O)Nc1cc(C(F)(F)F)ccc1F. The molecule has 19 heavy (non-hydrogen) atoms. The van der Waals surface area contributed by atoms with Crippen LogP contribution in [0.2, 0.25) is 0 Å². The van der Waals surface area contributed by atoms with Gasteiger partial charge in [0.2, 0.25) is 5.91 Å². The number of nitrogens with one attached hydrogen (secondary N) is 1. The molecule has 0 saturated heterocycles. The van der Waals surface area contributed by atoms with Crippen molar-refractivity contribution >= 4 is 17.6 Å². The Morgan fingerprint density at radius 3 is 2.37 bits per heavy atom. The van der Waals surface area contributed by atoms with Crippen LogP contribution in [0.1, 0.15) is 5.56 Å². The molecular formula is C11H7F4NO3. The average molecular weight is 277 g/mol. The van der Waals surface area contributed by atoms with Gasteiger partial charge in [-0.05, 0) is 18.2 Å². The summed E-state index contributed by atoms with van der Waals surface area (Å²) in [6.07, 6.45) is -3.65. The third kappa shape index (κ3) is 4.41. The van der Waals surface area contributed by atoms with Gasteiger partial charge in [0.15, 0.2) is 0 Å². The lowest BCUT2D eigenvalue weighted by atomic mass is 10.2. The molecular weight excluding hydrogens is 270 g/mol. The van der Waals surface area contributed by atoms with Gasteiger partial charge in [-0.2, -0.15) is 13.2 Å².